The van der Waals surface area contributed by atoms with E-state index < -0.39 is 9.84 Å². The molecule has 0 unspecified atom stereocenters. The van der Waals surface area contributed by atoms with E-state index in [0.717, 1.165) is 0 Å². The molecule has 10 heteroatoms. The molecule has 0 saturated heterocycles. The van der Waals surface area contributed by atoms with Crippen molar-refractivity contribution in [3.63, 3.8) is 0 Å². The standard InChI is InChI=1S/C18H18N2O5S3/c1-11-19-20-15(25-11)7-6-13-17(21)14(24-2)9-12(18(13)26-3)10-28(22,23)16-5-4-8-27-16/h4-9,21H,10H2,1-3H3/b7-6+. The third-order valence-corrected chi connectivity index (χ3v) is 7.88. The Morgan fingerprint density at radius 2 is 2.14 bits per heavy atom. The molecule has 0 bridgehead atoms. The van der Waals surface area contributed by atoms with Gasteiger partial charge in [-0.25, -0.2) is 8.42 Å². The SMILES string of the molecule is COc1cc(CS(=O)(=O)c2cccs2)c(SC)c(/C=C/c2nnc(C)o2)c1O. The van der Waals surface area contributed by atoms with Crippen molar-refractivity contribution in [2.45, 2.75) is 21.8 Å². The van der Waals surface area contributed by atoms with Crippen LogP contribution in [0.4, 0.5) is 0 Å². The molecule has 0 aliphatic carbocycles. The first kappa shape index (κ1) is 20.4. The number of phenols is 1. The average Bonchev–Trinajstić information content (AvgIpc) is 3.33. The molecule has 0 aliphatic rings. The molecular weight excluding hydrogens is 420 g/mol. The third kappa shape index (κ3) is 4.23. The van der Waals surface area contributed by atoms with Gasteiger partial charge in [-0.15, -0.1) is 33.3 Å². The fourth-order valence-electron chi connectivity index (χ4n) is 2.61. The van der Waals surface area contributed by atoms with E-state index in [9.17, 15) is 13.5 Å². The zero-order valence-corrected chi connectivity index (χ0v) is 17.8. The van der Waals surface area contributed by atoms with Crippen LogP contribution in [-0.4, -0.2) is 37.1 Å². The summed E-state index contributed by atoms with van der Waals surface area (Å²) in [7, 11) is -2.10. The molecule has 1 N–H and O–H groups in total. The molecular formula is C18H18N2O5S3. The molecule has 7 nitrogen and oxygen atoms in total. The zero-order chi connectivity index (χ0) is 20.3. The molecule has 0 aliphatic heterocycles. The molecule has 0 fully saturated rings. The summed E-state index contributed by atoms with van der Waals surface area (Å²) in [6.07, 6.45) is 4.99. The highest BCUT2D eigenvalue weighted by atomic mass is 32.2. The van der Waals surface area contributed by atoms with Crippen molar-refractivity contribution in [3.05, 3.63) is 46.5 Å². The maximum Gasteiger partial charge on any atom is 0.240 e. The number of sulfone groups is 1. The summed E-state index contributed by atoms with van der Waals surface area (Å²) in [5.41, 5.74) is 0.969. The summed E-state index contributed by atoms with van der Waals surface area (Å²) in [4.78, 5) is 0.630. The van der Waals surface area contributed by atoms with Gasteiger partial charge in [-0.1, -0.05) is 6.07 Å². The lowest BCUT2D eigenvalue weighted by Crippen LogP contribution is -2.05. The van der Waals surface area contributed by atoms with Gasteiger partial charge in [-0.2, -0.15) is 0 Å². The van der Waals surface area contributed by atoms with Gasteiger partial charge in [-0.3, -0.25) is 0 Å². The summed E-state index contributed by atoms with van der Waals surface area (Å²) in [5, 5.41) is 19.9. The van der Waals surface area contributed by atoms with Crippen LogP contribution in [-0.2, 0) is 15.6 Å². The average molecular weight is 439 g/mol. The maximum absolute atomic E-state index is 12.8. The second-order valence-corrected chi connectivity index (χ2v) is 9.70. The van der Waals surface area contributed by atoms with Crippen LogP contribution >= 0.6 is 23.1 Å². The number of hydrogen-bond donors (Lipinski definition) is 1. The number of aryl methyl sites for hydroxylation is 1. The van der Waals surface area contributed by atoms with Crippen molar-refractivity contribution in [2.24, 2.45) is 0 Å². The Hall–Kier alpha value is -2.30. The summed E-state index contributed by atoms with van der Waals surface area (Å²) in [6, 6.07) is 4.83. The van der Waals surface area contributed by atoms with Crippen molar-refractivity contribution < 1.29 is 22.7 Å². The summed E-state index contributed by atoms with van der Waals surface area (Å²) in [5.74, 6) is 0.593. The molecule has 0 saturated carbocycles. The first-order valence-electron chi connectivity index (χ1n) is 8.07. The molecule has 28 heavy (non-hydrogen) atoms. The molecule has 2 aromatic heterocycles. The number of ether oxygens (including phenoxy) is 1. The van der Waals surface area contributed by atoms with Gasteiger partial charge in [0.2, 0.25) is 11.8 Å². The number of aromatic nitrogens is 2. The zero-order valence-electron chi connectivity index (χ0n) is 15.4. The van der Waals surface area contributed by atoms with Crippen LogP contribution in [0.25, 0.3) is 12.2 Å². The Labute approximate surface area is 171 Å². The number of hydrogen-bond acceptors (Lipinski definition) is 9. The van der Waals surface area contributed by atoms with Crippen molar-refractivity contribution in [3.8, 4) is 11.5 Å². The van der Waals surface area contributed by atoms with E-state index in [2.05, 4.69) is 10.2 Å². The minimum atomic E-state index is -3.52. The largest absolute Gasteiger partial charge is 0.504 e. The van der Waals surface area contributed by atoms with Gasteiger partial charge in [0.25, 0.3) is 0 Å². The fraction of sp³-hybridized carbons (Fsp3) is 0.222. The lowest BCUT2D eigenvalue weighted by Gasteiger charge is -2.15. The first-order chi connectivity index (χ1) is 13.4. The lowest BCUT2D eigenvalue weighted by molar-refractivity contribution is 0.371. The Bertz CT molecular complexity index is 1100. The molecule has 1 aromatic carbocycles. The van der Waals surface area contributed by atoms with Crippen molar-refractivity contribution >= 4 is 45.1 Å². The van der Waals surface area contributed by atoms with E-state index in [1.165, 1.54) is 30.2 Å². The number of thioether (sulfide) groups is 1. The number of rotatable bonds is 7. The number of nitrogens with zero attached hydrogens (tertiary/aromatic N) is 2. The highest BCUT2D eigenvalue weighted by Gasteiger charge is 2.23. The topological polar surface area (TPSA) is 103 Å². The molecule has 0 atom stereocenters. The first-order valence-corrected chi connectivity index (χ1v) is 11.8. The van der Waals surface area contributed by atoms with Crippen LogP contribution in [0, 0.1) is 6.92 Å². The van der Waals surface area contributed by atoms with Crippen LogP contribution in [0.15, 0.2) is 37.1 Å². The summed E-state index contributed by atoms with van der Waals surface area (Å²) in [6.45, 7) is 1.67. The Kier molecular flexibility index (Phi) is 6.11. The summed E-state index contributed by atoms with van der Waals surface area (Å²) >= 11 is 2.51. The molecule has 0 spiro atoms. The molecule has 3 rings (SSSR count). The predicted molar refractivity (Wildman–Crippen MR) is 110 cm³/mol. The molecule has 0 radical (unpaired) electrons. The quantitative estimate of drug-likeness (QED) is 0.552. The molecule has 2 heterocycles. The van der Waals surface area contributed by atoms with E-state index in [0.29, 0.717) is 26.1 Å². The van der Waals surface area contributed by atoms with Crippen LogP contribution in [0.1, 0.15) is 22.9 Å². The van der Waals surface area contributed by atoms with Gasteiger partial charge >= 0.3 is 0 Å². The van der Waals surface area contributed by atoms with E-state index in [1.807, 2.05) is 6.26 Å². The number of thiophene rings is 1. The van der Waals surface area contributed by atoms with Crippen LogP contribution in [0.5, 0.6) is 11.5 Å². The predicted octanol–water partition coefficient (Wildman–Crippen LogP) is 4.02. The molecule has 3 aromatic rings. The van der Waals surface area contributed by atoms with Gasteiger partial charge in [-0.05, 0) is 35.4 Å². The number of phenolic OH excluding ortho intramolecular Hbond substituents is 1. The van der Waals surface area contributed by atoms with E-state index >= 15 is 0 Å². The monoisotopic (exact) mass is 438 g/mol. The lowest BCUT2D eigenvalue weighted by atomic mass is 10.1. The fourth-order valence-corrected chi connectivity index (χ4v) is 5.93. The van der Waals surface area contributed by atoms with Crippen LogP contribution < -0.4 is 4.74 Å². The second-order valence-electron chi connectivity index (χ2n) is 5.72. The van der Waals surface area contributed by atoms with Gasteiger partial charge in [0.15, 0.2) is 21.3 Å². The van der Waals surface area contributed by atoms with Crippen LogP contribution in [0.3, 0.4) is 0 Å². The number of methoxy groups -OCH3 is 1. The minimum Gasteiger partial charge on any atom is -0.504 e. The third-order valence-electron chi connectivity index (χ3n) is 3.84. The molecule has 0 amide bonds. The van der Waals surface area contributed by atoms with E-state index in [4.69, 9.17) is 9.15 Å². The number of benzene rings is 1. The smallest absolute Gasteiger partial charge is 0.240 e. The van der Waals surface area contributed by atoms with Gasteiger partial charge in [0.1, 0.15) is 4.21 Å². The highest BCUT2D eigenvalue weighted by molar-refractivity contribution is 7.98. The van der Waals surface area contributed by atoms with Crippen molar-refractivity contribution in [2.75, 3.05) is 13.4 Å². The second kappa shape index (κ2) is 8.38. The minimum absolute atomic E-state index is 0.0865. The number of aromatic hydroxyl groups is 1. The highest BCUT2D eigenvalue weighted by Crippen LogP contribution is 2.41. The van der Waals surface area contributed by atoms with Gasteiger partial charge in [0, 0.05) is 23.5 Å². The van der Waals surface area contributed by atoms with E-state index in [-0.39, 0.29) is 23.1 Å². The maximum atomic E-state index is 12.8. The summed E-state index contributed by atoms with van der Waals surface area (Å²) < 4.78 is 36.4. The van der Waals surface area contributed by atoms with E-state index in [1.54, 1.807) is 42.7 Å². The Balaban J connectivity index is 2.09. The van der Waals surface area contributed by atoms with Crippen molar-refractivity contribution in [1.82, 2.24) is 10.2 Å². The Morgan fingerprint density at radius 1 is 1.36 bits per heavy atom. The van der Waals surface area contributed by atoms with Crippen LogP contribution in [0.2, 0.25) is 0 Å². The van der Waals surface area contributed by atoms with Gasteiger partial charge in [0.05, 0.1) is 12.9 Å². The van der Waals surface area contributed by atoms with Gasteiger partial charge < -0.3 is 14.3 Å². The van der Waals surface area contributed by atoms with Crippen molar-refractivity contribution in [1.29, 1.82) is 0 Å². The normalized spacial score (nSPS) is 12.0. The molecule has 148 valence electrons. The Morgan fingerprint density at radius 3 is 2.71 bits per heavy atom.